The van der Waals surface area contributed by atoms with Crippen LogP contribution in [0.4, 0.5) is 0 Å². The fraction of sp³-hybridized carbons (Fsp3) is 0.750. The molecule has 3 unspecified atom stereocenters. The molecule has 0 N–H and O–H groups in total. The fourth-order valence-electron chi connectivity index (χ4n) is 3.33. The van der Waals surface area contributed by atoms with Crippen molar-refractivity contribution in [1.82, 2.24) is 0 Å². The summed E-state index contributed by atoms with van der Waals surface area (Å²) in [5.74, 6) is 2.02. The van der Waals surface area contributed by atoms with Crippen molar-refractivity contribution in [3.8, 4) is 0 Å². The molecular weight excluding hydrogens is 160 g/mol. The molecule has 1 nitrogen and oxygen atoms in total. The number of carbonyl (C=O) groups is 1. The summed E-state index contributed by atoms with van der Waals surface area (Å²) in [6.07, 6.45) is 2.29. The van der Waals surface area contributed by atoms with Crippen molar-refractivity contribution in [2.45, 2.75) is 34.1 Å². The first-order valence-corrected chi connectivity index (χ1v) is 5.16. The van der Waals surface area contributed by atoms with Gasteiger partial charge in [-0.3, -0.25) is 4.79 Å². The van der Waals surface area contributed by atoms with Crippen molar-refractivity contribution < 1.29 is 4.79 Å². The lowest BCUT2D eigenvalue weighted by Crippen LogP contribution is -2.11. The van der Waals surface area contributed by atoms with Crippen LogP contribution in [-0.2, 0) is 4.79 Å². The van der Waals surface area contributed by atoms with Crippen LogP contribution in [0.5, 0.6) is 0 Å². The molecule has 3 atom stereocenters. The zero-order valence-electron chi connectivity index (χ0n) is 8.92. The Morgan fingerprint density at radius 3 is 2.62 bits per heavy atom. The van der Waals surface area contributed by atoms with Crippen LogP contribution >= 0.6 is 0 Å². The first kappa shape index (κ1) is 8.98. The largest absolute Gasteiger partial charge is 0.298 e. The van der Waals surface area contributed by atoms with Gasteiger partial charge < -0.3 is 0 Å². The molecule has 1 fully saturated rings. The molecule has 0 bridgehead atoms. The van der Waals surface area contributed by atoms with Gasteiger partial charge in [-0.1, -0.05) is 26.3 Å². The maximum absolute atomic E-state index is 10.9. The van der Waals surface area contributed by atoms with Gasteiger partial charge in [0.2, 0.25) is 0 Å². The summed E-state index contributed by atoms with van der Waals surface area (Å²) >= 11 is 0. The van der Waals surface area contributed by atoms with Crippen LogP contribution in [0.15, 0.2) is 11.1 Å². The zero-order valence-corrected chi connectivity index (χ0v) is 8.92. The maximum Gasteiger partial charge on any atom is 0.146 e. The highest BCUT2D eigenvalue weighted by atomic mass is 16.1. The molecule has 0 aromatic carbocycles. The fourth-order valence-corrected chi connectivity index (χ4v) is 3.33. The second-order valence-corrected chi connectivity index (χ2v) is 5.30. The van der Waals surface area contributed by atoms with Gasteiger partial charge in [-0.25, -0.2) is 0 Å². The minimum absolute atomic E-state index is 0.461. The number of allylic oxidation sites excluding steroid dienone is 2. The molecule has 0 spiro atoms. The van der Waals surface area contributed by atoms with Gasteiger partial charge in [0.15, 0.2) is 0 Å². The van der Waals surface area contributed by atoms with E-state index in [2.05, 4.69) is 27.7 Å². The molecule has 0 aliphatic heterocycles. The quantitative estimate of drug-likeness (QED) is 0.564. The third-order valence-corrected chi connectivity index (χ3v) is 4.24. The van der Waals surface area contributed by atoms with Gasteiger partial charge >= 0.3 is 0 Å². The van der Waals surface area contributed by atoms with Crippen molar-refractivity contribution in [3.63, 3.8) is 0 Å². The smallest absolute Gasteiger partial charge is 0.146 e. The third kappa shape index (κ3) is 1.02. The van der Waals surface area contributed by atoms with E-state index in [-0.39, 0.29) is 0 Å². The lowest BCUT2D eigenvalue weighted by Gasteiger charge is -2.19. The highest BCUT2D eigenvalue weighted by Crippen LogP contribution is 2.67. The van der Waals surface area contributed by atoms with Gasteiger partial charge in [-0.2, -0.15) is 0 Å². The molecule has 0 amide bonds. The van der Waals surface area contributed by atoms with Crippen LogP contribution in [0.1, 0.15) is 34.1 Å². The molecule has 13 heavy (non-hydrogen) atoms. The normalized spacial score (nSPS) is 41.4. The standard InChI is InChI=1S/C12H18O/c1-7-5-10-11(12(10,3)4)8(2)9(7)6-13/h6-7,10-11H,5H2,1-4H3. The van der Waals surface area contributed by atoms with Gasteiger partial charge in [0.05, 0.1) is 0 Å². The van der Waals surface area contributed by atoms with Gasteiger partial charge in [0.1, 0.15) is 6.29 Å². The molecule has 1 saturated carbocycles. The highest BCUT2D eigenvalue weighted by Gasteiger charge is 2.60. The molecule has 0 aromatic heterocycles. The number of carbonyl (C=O) groups excluding carboxylic acids is 1. The molecule has 2 rings (SSSR count). The maximum atomic E-state index is 10.9. The van der Waals surface area contributed by atoms with E-state index in [0.29, 0.717) is 17.3 Å². The Morgan fingerprint density at radius 1 is 1.46 bits per heavy atom. The van der Waals surface area contributed by atoms with Crippen LogP contribution in [-0.4, -0.2) is 6.29 Å². The first-order valence-electron chi connectivity index (χ1n) is 5.16. The summed E-state index contributed by atoms with van der Waals surface area (Å²) < 4.78 is 0. The Hall–Kier alpha value is -0.590. The molecule has 0 saturated heterocycles. The van der Waals surface area contributed by atoms with E-state index in [4.69, 9.17) is 0 Å². The molecule has 2 aliphatic rings. The van der Waals surface area contributed by atoms with Gasteiger partial charge in [-0.05, 0) is 42.1 Å². The predicted octanol–water partition coefficient (Wildman–Crippen LogP) is 2.81. The summed E-state index contributed by atoms with van der Waals surface area (Å²) in [7, 11) is 0. The van der Waals surface area contributed by atoms with Crippen LogP contribution in [0.25, 0.3) is 0 Å². The summed E-state index contributed by atoms with van der Waals surface area (Å²) in [5.41, 5.74) is 2.90. The molecule has 1 heteroatoms. The number of hydrogen-bond acceptors (Lipinski definition) is 1. The van der Waals surface area contributed by atoms with Crippen molar-refractivity contribution in [2.24, 2.45) is 23.2 Å². The van der Waals surface area contributed by atoms with Gasteiger partial charge in [0, 0.05) is 0 Å². The van der Waals surface area contributed by atoms with Crippen molar-refractivity contribution in [2.75, 3.05) is 0 Å². The average Bonchev–Trinajstić information content (AvgIpc) is 2.54. The molecule has 0 radical (unpaired) electrons. The second kappa shape index (κ2) is 2.46. The molecule has 0 heterocycles. The first-order chi connectivity index (χ1) is 6.00. The Balaban J connectivity index is 2.37. The lowest BCUT2D eigenvalue weighted by atomic mass is 9.85. The Kier molecular flexibility index (Phi) is 1.70. The molecule has 2 aliphatic carbocycles. The van der Waals surface area contributed by atoms with Crippen LogP contribution < -0.4 is 0 Å². The van der Waals surface area contributed by atoms with Gasteiger partial charge in [0.25, 0.3) is 0 Å². The SMILES string of the molecule is CC1=C(C=O)C(C)CC2C1C2(C)C. The third-order valence-electron chi connectivity index (χ3n) is 4.24. The van der Waals surface area contributed by atoms with Crippen molar-refractivity contribution in [1.29, 1.82) is 0 Å². The van der Waals surface area contributed by atoms with E-state index >= 15 is 0 Å². The van der Waals surface area contributed by atoms with Crippen LogP contribution in [0.2, 0.25) is 0 Å². The minimum atomic E-state index is 0.461. The lowest BCUT2D eigenvalue weighted by molar-refractivity contribution is -0.105. The molecule has 72 valence electrons. The number of aldehydes is 1. The van der Waals surface area contributed by atoms with Crippen molar-refractivity contribution in [3.05, 3.63) is 11.1 Å². The summed E-state index contributed by atoms with van der Waals surface area (Å²) in [4.78, 5) is 10.9. The Bertz CT molecular complexity index is 285. The van der Waals surface area contributed by atoms with E-state index < -0.39 is 0 Å². The van der Waals surface area contributed by atoms with E-state index in [9.17, 15) is 4.79 Å². The second-order valence-electron chi connectivity index (χ2n) is 5.30. The summed E-state index contributed by atoms with van der Waals surface area (Å²) in [6.45, 7) is 8.97. The number of fused-ring (bicyclic) bond motifs is 1. The van der Waals surface area contributed by atoms with Crippen LogP contribution in [0.3, 0.4) is 0 Å². The van der Waals surface area contributed by atoms with Gasteiger partial charge in [-0.15, -0.1) is 0 Å². The summed E-state index contributed by atoms with van der Waals surface area (Å²) in [5, 5.41) is 0. The molecule has 0 aromatic rings. The zero-order chi connectivity index (χ0) is 9.80. The van der Waals surface area contributed by atoms with E-state index in [0.717, 1.165) is 17.8 Å². The Morgan fingerprint density at radius 2 is 2.08 bits per heavy atom. The van der Waals surface area contributed by atoms with E-state index in [1.54, 1.807) is 0 Å². The monoisotopic (exact) mass is 178 g/mol. The summed E-state index contributed by atoms with van der Waals surface area (Å²) in [6, 6.07) is 0. The minimum Gasteiger partial charge on any atom is -0.298 e. The van der Waals surface area contributed by atoms with Crippen LogP contribution in [0, 0.1) is 23.2 Å². The van der Waals surface area contributed by atoms with Crippen molar-refractivity contribution >= 4 is 6.29 Å². The number of hydrogen-bond donors (Lipinski definition) is 0. The van der Waals surface area contributed by atoms with E-state index in [1.165, 1.54) is 12.0 Å². The number of rotatable bonds is 1. The highest BCUT2D eigenvalue weighted by molar-refractivity contribution is 5.76. The molecular formula is C12H18O. The van der Waals surface area contributed by atoms with E-state index in [1.807, 2.05) is 0 Å². The predicted molar refractivity (Wildman–Crippen MR) is 53.3 cm³/mol. The topological polar surface area (TPSA) is 17.1 Å². The Labute approximate surface area is 80.2 Å². The average molecular weight is 178 g/mol.